The van der Waals surface area contributed by atoms with Gasteiger partial charge in [0.1, 0.15) is 0 Å². The van der Waals surface area contributed by atoms with Crippen molar-refractivity contribution in [3.05, 3.63) is 35.9 Å². The molecule has 0 aromatic heterocycles. The molecule has 0 radical (unpaired) electrons. The van der Waals surface area contributed by atoms with Gasteiger partial charge in [-0.05, 0) is 49.5 Å². The Kier molecular flexibility index (Phi) is 4.52. The van der Waals surface area contributed by atoms with Crippen molar-refractivity contribution in [3.8, 4) is 0 Å². The Morgan fingerprint density at radius 1 is 1.05 bits per heavy atom. The molecule has 19 heavy (non-hydrogen) atoms. The molecule has 1 aliphatic carbocycles. The van der Waals surface area contributed by atoms with Gasteiger partial charge in [-0.15, -0.1) is 0 Å². The summed E-state index contributed by atoms with van der Waals surface area (Å²) in [6, 6.07) is 11.8. The minimum atomic E-state index is 0.671. The lowest BCUT2D eigenvalue weighted by atomic mass is 9.85. The van der Waals surface area contributed by atoms with Crippen molar-refractivity contribution in [2.45, 2.75) is 44.1 Å². The average Bonchev–Trinajstić information content (AvgIpc) is 3.30. The van der Waals surface area contributed by atoms with E-state index in [1.165, 1.54) is 37.7 Å². The first kappa shape index (κ1) is 13.1. The second kappa shape index (κ2) is 6.53. The molecule has 0 bridgehead atoms. The summed E-state index contributed by atoms with van der Waals surface area (Å²) < 4.78 is 5.48. The Bertz CT molecular complexity index is 368. The van der Waals surface area contributed by atoms with Gasteiger partial charge in [-0.3, -0.25) is 0 Å². The lowest BCUT2D eigenvalue weighted by Crippen LogP contribution is -2.26. The highest BCUT2D eigenvalue weighted by atomic mass is 16.5. The first-order chi connectivity index (χ1) is 9.42. The fourth-order valence-corrected chi connectivity index (χ4v) is 3.04. The second-order valence-corrected chi connectivity index (χ2v) is 6.08. The lowest BCUT2D eigenvalue weighted by molar-refractivity contribution is 0.0616. The minimum absolute atomic E-state index is 0.671. The number of hydrogen-bond acceptors (Lipinski definition) is 2. The van der Waals surface area contributed by atoms with Crippen molar-refractivity contribution >= 4 is 0 Å². The van der Waals surface area contributed by atoms with Gasteiger partial charge >= 0.3 is 0 Å². The van der Waals surface area contributed by atoms with Crippen molar-refractivity contribution in [2.75, 3.05) is 19.8 Å². The standard InChI is InChI=1S/C17H25NO/c1-2-4-15(5-3-1)16(13-18-17-6-7-17)12-14-8-10-19-11-9-14/h1-5,14,16-18H,6-13H2. The Hall–Kier alpha value is -0.860. The Morgan fingerprint density at radius 2 is 1.79 bits per heavy atom. The van der Waals surface area contributed by atoms with Crippen LogP contribution in [-0.4, -0.2) is 25.8 Å². The smallest absolute Gasteiger partial charge is 0.0468 e. The van der Waals surface area contributed by atoms with Crippen LogP contribution in [0.4, 0.5) is 0 Å². The Labute approximate surface area is 116 Å². The van der Waals surface area contributed by atoms with Crippen molar-refractivity contribution in [2.24, 2.45) is 5.92 Å². The van der Waals surface area contributed by atoms with E-state index < -0.39 is 0 Å². The maximum atomic E-state index is 5.48. The summed E-state index contributed by atoms with van der Waals surface area (Å²) >= 11 is 0. The largest absolute Gasteiger partial charge is 0.381 e. The molecule has 1 unspecified atom stereocenters. The van der Waals surface area contributed by atoms with Crippen molar-refractivity contribution in [1.82, 2.24) is 5.32 Å². The SMILES string of the molecule is c1ccc(C(CNC2CC2)CC2CCOCC2)cc1. The number of benzene rings is 1. The van der Waals surface area contributed by atoms with Gasteiger partial charge in [0.2, 0.25) is 0 Å². The van der Waals surface area contributed by atoms with Gasteiger partial charge in [-0.1, -0.05) is 30.3 Å². The molecule has 2 fully saturated rings. The van der Waals surface area contributed by atoms with E-state index in [1.807, 2.05) is 0 Å². The molecular formula is C17H25NO. The second-order valence-electron chi connectivity index (χ2n) is 6.08. The van der Waals surface area contributed by atoms with E-state index in [-0.39, 0.29) is 0 Å². The highest BCUT2D eigenvalue weighted by Crippen LogP contribution is 2.30. The quantitative estimate of drug-likeness (QED) is 0.846. The van der Waals surface area contributed by atoms with E-state index in [1.54, 1.807) is 0 Å². The molecule has 2 heteroatoms. The predicted octanol–water partition coefficient (Wildman–Crippen LogP) is 3.34. The van der Waals surface area contributed by atoms with Gasteiger partial charge in [0.15, 0.2) is 0 Å². The third-order valence-corrected chi connectivity index (χ3v) is 4.46. The van der Waals surface area contributed by atoms with Crippen molar-refractivity contribution in [1.29, 1.82) is 0 Å². The fraction of sp³-hybridized carbons (Fsp3) is 0.647. The molecule has 104 valence electrons. The molecule has 1 saturated heterocycles. The zero-order chi connectivity index (χ0) is 12.9. The molecule has 1 aliphatic heterocycles. The van der Waals surface area contributed by atoms with Gasteiger partial charge in [0.05, 0.1) is 0 Å². The topological polar surface area (TPSA) is 21.3 Å². The van der Waals surface area contributed by atoms with Gasteiger partial charge in [-0.25, -0.2) is 0 Å². The number of ether oxygens (including phenoxy) is 1. The van der Waals surface area contributed by atoms with E-state index in [0.29, 0.717) is 5.92 Å². The third kappa shape index (κ3) is 4.05. The van der Waals surface area contributed by atoms with Crippen LogP contribution < -0.4 is 5.32 Å². The van der Waals surface area contributed by atoms with Crippen LogP contribution in [0.1, 0.15) is 43.6 Å². The van der Waals surface area contributed by atoms with E-state index in [4.69, 9.17) is 4.74 Å². The van der Waals surface area contributed by atoms with E-state index >= 15 is 0 Å². The van der Waals surface area contributed by atoms with Crippen molar-refractivity contribution < 1.29 is 4.74 Å². The monoisotopic (exact) mass is 259 g/mol. The van der Waals surface area contributed by atoms with Crippen LogP contribution in [0.2, 0.25) is 0 Å². The summed E-state index contributed by atoms with van der Waals surface area (Å²) in [5, 5.41) is 3.71. The van der Waals surface area contributed by atoms with E-state index in [2.05, 4.69) is 35.6 Å². The average molecular weight is 259 g/mol. The zero-order valence-electron chi connectivity index (χ0n) is 11.7. The van der Waals surface area contributed by atoms with Crippen LogP contribution in [0, 0.1) is 5.92 Å². The highest BCUT2D eigenvalue weighted by Gasteiger charge is 2.24. The molecule has 3 rings (SSSR count). The molecule has 0 amide bonds. The number of hydrogen-bond donors (Lipinski definition) is 1. The van der Waals surface area contributed by atoms with E-state index in [0.717, 1.165) is 31.7 Å². The summed E-state index contributed by atoms with van der Waals surface area (Å²) in [4.78, 5) is 0. The predicted molar refractivity (Wildman–Crippen MR) is 78.4 cm³/mol. The normalized spacial score (nSPS) is 22.3. The van der Waals surface area contributed by atoms with Crippen LogP contribution in [0.5, 0.6) is 0 Å². The molecular weight excluding hydrogens is 234 g/mol. The van der Waals surface area contributed by atoms with Crippen LogP contribution in [0.3, 0.4) is 0 Å². The van der Waals surface area contributed by atoms with Crippen LogP contribution in [0.25, 0.3) is 0 Å². The summed E-state index contributed by atoms with van der Waals surface area (Å²) in [7, 11) is 0. The first-order valence-electron chi connectivity index (χ1n) is 7.78. The molecule has 1 atom stereocenters. The number of nitrogens with one attached hydrogen (secondary N) is 1. The first-order valence-corrected chi connectivity index (χ1v) is 7.78. The third-order valence-electron chi connectivity index (χ3n) is 4.46. The van der Waals surface area contributed by atoms with Gasteiger partial charge < -0.3 is 10.1 Å². The van der Waals surface area contributed by atoms with Crippen molar-refractivity contribution in [3.63, 3.8) is 0 Å². The maximum absolute atomic E-state index is 5.48. The summed E-state index contributed by atoms with van der Waals surface area (Å²) in [6.45, 7) is 3.07. The van der Waals surface area contributed by atoms with Gasteiger partial charge in [-0.2, -0.15) is 0 Å². The number of rotatable bonds is 6. The maximum Gasteiger partial charge on any atom is 0.0468 e. The molecule has 0 spiro atoms. The molecule has 2 nitrogen and oxygen atoms in total. The van der Waals surface area contributed by atoms with Crippen LogP contribution in [-0.2, 0) is 4.74 Å². The molecule has 1 saturated carbocycles. The molecule has 2 aliphatic rings. The van der Waals surface area contributed by atoms with Crippen LogP contribution in [0.15, 0.2) is 30.3 Å². The Morgan fingerprint density at radius 3 is 2.47 bits per heavy atom. The summed E-state index contributed by atoms with van der Waals surface area (Å²) in [5.74, 6) is 1.52. The minimum Gasteiger partial charge on any atom is -0.381 e. The van der Waals surface area contributed by atoms with Gasteiger partial charge in [0, 0.05) is 25.8 Å². The molecule has 1 N–H and O–H groups in total. The highest BCUT2D eigenvalue weighted by molar-refractivity contribution is 5.20. The fourth-order valence-electron chi connectivity index (χ4n) is 3.04. The summed E-state index contributed by atoms with van der Waals surface area (Å²) in [5.41, 5.74) is 1.50. The van der Waals surface area contributed by atoms with Crippen LogP contribution >= 0.6 is 0 Å². The zero-order valence-corrected chi connectivity index (χ0v) is 11.7. The van der Waals surface area contributed by atoms with Gasteiger partial charge in [0.25, 0.3) is 0 Å². The lowest BCUT2D eigenvalue weighted by Gasteiger charge is -2.27. The van der Waals surface area contributed by atoms with E-state index in [9.17, 15) is 0 Å². The molecule has 1 aromatic rings. The summed E-state index contributed by atoms with van der Waals surface area (Å²) in [6.07, 6.45) is 6.55. The Balaban J connectivity index is 1.60. The molecule has 1 aromatic carbocycles. The molecule has 1 heterocycles.